The summed E-state index contributed by atoms with van der Waals surface area (Å²) < 4.78 is 0. The van der Waals surface area contributed by atoms with Gasteiger partial charge in [0.1, 0.15) is 0 Å². The molecule has 11 atom stereocenters. The first-order valence-electron chi connectivity index (χ1n) is 11.8. The standard InChI is InChI=1S/C24H40O5/c1-13(4-7-21(28)29)16-5-6-17-22-18(12-20(27)24(16,17)3)23(2)9-8-15(25)10-14(23)11-19(22)26/h13-20,22,25-27H,4-12H2,1-3H3,(H,28,29)/t13?,14?,15-,16?,17?,18+,19-,20+,22?,23?,24?/m1/s1. The molecule has 0 bridgehead atoms. The number of aliphatic carboxylic acids is 1. The van der Waals surface area contributed by atoms with Gasteiger partial charge in [-0.05, 0) is 97.7 Å². The minimum absolute atomic E-state index is 0.0957. The molecule has 0 radical (unpaired) electrons. The molecular formula is C24H40O5. The molecule has 0 aromatic rings. The van der Waals surface area contributed by atoms with Gasteiger partial charge in [-0.15, -0.1) is 0 Å². The second-order valence-electron chi connectivity index (χ2n) is 11.4. The lowest BCUT2D eigenvalue weighted by atomic mass is 9.43. The highest BCUT2D eigenvalue weighted by molar-refractivity contribution is 5.66. The van der Waals surface area contributed by atoms with Crippen molar-refractivity contribution in [2.24, 2.45) is 46.3 Å². The van der Waals surface area contributed by atoms with Crippen molar-refractivity contribution in [3.8, 4) is 0 Å². The van der Waals surface area contributed by atoms with E-state index in [4.69, 9.17) is 5.11 Å². The number of carboxylic acid groups (broad SMARTS) is 1. The van der Waals surface area contributed by atoms with Crippen LogP contribution in [0.25, 0.3) is 0 Å². The number of aliphatic hydroxyl groups excluding tert-OH is 3. The van der Waals surface area contributed by atoms with Gasteiger partial charge in [-0.25, -0.2) is 0 Å². The molecule has 29 heavy (non-hydrogen) atoms. The van der Waals surface area contributed by atoms with Crippen molar-refractivity contribution in [2.75, 3.05) is 0 Å². The van der Waals surface area contributed by atoms with Crippen LogP contribution < -0.4 is 0 Å². The molecule has 0 amide bonds. The molecule has 4 saturated carbocycles. The van der Waals surface area contributed by atoms with E-state index in [1.54, 1.807) is 0 Å². The number of carboxylic acids is 1. The first-order chi connectivity index (χ1) is 13.6. The Morgan fingerprint density at radius 3 is 2.45 bits per heavy atom. The minimum atomic E-state index is -0.748. The Morgan fingerprint density at radius 2 is 1.76 bits per heavy atom. The molecule has 4 aliphatic rings. The Labute approximate surface area is 174 Å². The van der Waals surface area contributed by atoms with Crippen LogP contribution in [0.3, 0.4) is 0 Å². The van der Waals surface area contributed by atoms with Crippen molar-refractivity contribution in [3.63, 3.8) is 0 Å². The van der Waals surface area contributed by atoms with E-state index in [0.29, 0.717) is 30.1 Å². The van der Waals surface area contributed by atoms with E-state index in [-0.39, 0.29) is 41.3 Å². The molecule has 7 unspecified atom stereocenters. The molecule has 0 saturated heterocycles. The van der Waals surface area contributed by atoms with Gasteiger partial charge in [-0.2, -0.15) is 0 Å². The van der Waals surface area contributed by atoms with Crippen LogP contribution in [0, 0.1) is 46.3 Å². The second-order valence-corrected chi connectivity index (χ2v) is 11.4. The topological polar surface area (TPSA) is 98.0 Å². The third kappa shape index (κ3) is 3.27. The predicted octanol–water partition coefficient (Wildman–Crippen LogP) is 3.45. The first kappa shape index (κ1) is 21.6. The van der Waals surface area contributed by atoms with Crippen molar-refractivity contribution in [1.82, 2.24) is 0 Å². The van der Waals surface area contributed by atoms with Crippen molar-refractivity contribution in [3.05, 3.63) is 0 Å². The number of carbonyl (C=O) groups is 1. The quantitative estimate of drug-likeness (QED) is 0.571. The molecular weight excluding hydrogens is 368 g/mol. The fourth-order valence-corrected chi connectivity index (χ4v) is 8.68. The molecule has 0 aromatic heterocycles. The van der Waals surface area contributed by atoms with Crippen LogP contribution in [0.15, 0.2) is 0 Å². The van der Waals surface area contributed by atoms with E-state index in [2.05, 4.69) is 20.8 Å². The monoisotopic (exact) mass is 408 g/mol. The van der Waals surface area contributed by atoms with Crippen LogP contribution in [0.1, 0.15) is 78.6 Å². The van der Waals surface area contributed by atoms with E-state index in [1.165, 1.54) is 0 Å². The summed E-state index contributed by atoms with van der Waals surface area (Å²) in [5.74, 6) is 0.997. The molecule has 0 aliphatic heterocycles. The van der Waals surface area contributed by atoms with E-state index in [0.717, 1.165) is 44.9 Å². The first-order valence-corrected chi connectivity index (χ1v) is 11.8. The van der Waals surface area contributed by atoms with Crippen LogP contribution in [0.2, 0.25) is 0 Å². The summed E-state index contributed by atoms with van der Waals surface area (Å²) in [6.07, 6.45) is 6.00. The zero-order valence-electron chi connectivity index (χ0n) is 18.3. The van der Waals surface area contributed by atoms with E-state index in [9.17, 15) is 20.1 Å². The molecule has 4 N–H and O–H groups in total. The van der Waals surface area contributed by atoms with E-state index >= 15 is 0 Å². The van der Waals surface area contributed by atoms with Crippen molar-refractivity contribution in [1.29, 1.82) is 0 Å². The summed E-state index contributed by atoms with van der Waals surface area (Å²) in [4.78, 5) is 11.1. The Kier molecular flexibility index (Phi) is 5.57. The van der Waals surface area contributed by atoms with Crippen LogP contribution in [-0.4, -0.2) is 44.7 Å². The molecule has 4 rings (SSSR count). The van der Waals surface area contributed by atoms with Gasteiger partial charge in [-0.3, -0.25) is 4.79 Å². The minimum Gasteiger partial charge on any atom is -0.481 e. The summed E-state index contributed by atoms with van der Waals surface area (Å²) in [5, 5.41) is 42.0. The van der Waals surface area contributed by atoms with Gasteiger partial charge in [0.2, 0.25) is 0 Å². The summed E-state index contributed by atoms with van der Waals surface area (Å²) in [5.41, 5.74) is -0.143. The lowest BCUT2D eigenvalue weighted by Gasteiger charge is -2.63. The lowest BCUT2D eigenvalue weighted by Crippen LogP contribution is -2.62. The maximum Gasteiger partial charge on any atom is 0.303 e. The summed E-state index contributed by atoms with van der Waals surface area (Å²) in [7, 11) is 0. The van der Waals surface area contributed by atoms with Crippen molar-refractivity contribution >= 4 is 5.97 Å². The summed E-state index contributed by atoms with van der Waals surface area (Å²) in [6.45, 7) is 6.72. The SMILES string of the molecule is CC(CCC(=O)O)C1CCC2C3[C@H](O)CC4C[C@H](O)CCC4(C)[C@H]3C[C@H](O)C12C. The van der Waals surface area contributed by atoms with Gasteiger partial charge in [0.15, 0.2) is 0 Å². The zero-order chi connectivity index (χ0) is 21.1. The third-order valence-electron chi connectivity index (χ3n) is 10.3. The Bertz CT molecular complexity index is 637. The Morgan fingerprint density at radius 1 is 1.03 bits per heavy atom. The molecule has 4 aliphatic carbocycles. The average molecular weight is 409 g/mol. The number of aliphatic hydroxyl groups is 3. The highest BCUT2D eigenvalue weighted by Crippen LogP contribution is 2.68. The molecule has 0 heterocycles. The molecule has 166 valence electrons. The van der Waals surface area contributed by atoms with Crippen LogP contribution in [-0.2, 0) is 4.79 Å². The molecule has 0 aromatic carbocycles. The van der Waals surface area contributed by atoms with Crippen LogP contribution in [0.5, 0.6) is 0 Å². The van der Waals surface area contributed by atoms with Gasteiger partial charge in [-0.1, -0.05) is 20.8 Å². The Hall–Kier alpha value is -0.650. The van der Waals surface area contributed by atoms with Crippen molar-refractivity contribution < 1.29 is 25.2 Å². The van der Waals surface area contributed by atoms with Gasteiger partial charge in [0.05, 0.1) is 18.3 Å². The smallest absolute Gasteiger partial charge is 0.303 e. The summed E-state index contributed by atoms with van der Waals surface area (Å²) in [6, 6.07) is 0. The molecule has 5 heteroatoms. The summed E-state index contributed by atoms with van der Waals surface area (Å²) >= 11 is 0. The predicted molar refractivity (Wildman–Crippen MR) is 110 cm³/mol. The highest BCUT2D eigenvalue weighted by atomic mass is 16.4. The second kappa shape index (κ2) is 7.49. The van der Waals surface area contributed by atoms with E-state index in [1.807, 2.05) is 0 Å². The number of fused-ring (bicyclic) bond motifs is 5. The normalized spacial score (nSPS) is 52.9. The van der Waals surface area contributed by atoms with Crippen molar-refractivity contribution in [2.45, 2.75) is 96.9 Å². The lowest BCUT2D eigenvalue weighted by molar-refractivity contribution is -0.207. The molecule has 5 nitrogen and oxygen atoms in total. The van der Waals surface area contributed by atoms with Gasteiger partial charge < -0.3 is 20.4 Å². The number of hydrogen-bond acceptors (Lipinski definition) is 4. The average Bonchev–Trinajstić information content (AvgIpc) is 3.01. The fourth-order valence-electron chi connectivity index (χ4n) is 8.68. The van der Waals surface area contributed by atoms with Crippen LogP contribution in [0.4, 0.5) is 0 Å². The van der Waals surface area contributed by atoms with Gasteiger partial charge in [0.25, 0.3) is 0 Å². The fraction of sp³-hybridized carbons (Fsp3) is 0.958. The third-order valence-corrected chi connectivity index (χ3v) is 10.3. The largest absolute Gasteiger partial charge is 0.481 e. The maximum absolute atomic E-state index is 11.5. The zero-order valence-corrected chi connectivity index (χ0v) is 18.3. The van der Waals surface area contributed by atoms with Gasteiger partial charge >= 0.3 is 5.97 Å². The maximum atomic E-state index is 11.5. The number of rotatable bonds is 4. The molecule has 4 fully saturated rings. The Balaban J connectivity index is 1.61. The van der Waals surface area contributed by atoms with Crippen LogP contribution >= 0.6 is 0 Å². The molecule has 0 spiro atoms. The number of hydrogen-bond donors (Lipinski definition) is 4. The van der Waals surface area contributed by atoms with E-state index < -0.39 is 12.1 Å². The van der Waals surface area contributed by atoms with Gasteiger partial charge in [0, 0.05) is 6.42 Å². The highest BCUT2D eigenvalue weighted by Gasteiger charge is 2.65.